The van der Waals surface area contributed by atoms with Crippen LogP contribution in [0.5, 0.6) is 5.75 Å². The van der Waals surface area contributed by atoms with Gasteiger partial charge in [0, 0.05) is 17.5 Å². The molecule has 0 aliphatic rings. The minimum absolute atomic E-state index is 0.465. The fourth-order valence-corrected chi connectivity index (χ4v) is 2.34. The molecule has 0 amide bonds. The zero-order valence-electron chi connectivity index (χ0n) is 11.9. The molecule has 0 spiro atoms. The fraction of sp³-hybridized carbons (Fsp3) is 0.125. The predicted octanol–water partition coefficient (Wildman–Crippen LogP) is 3.04. The number of benzene rings is 1. The molecule has 3 rings (SSSR count). The van der Waals surface area contributed by atoms with E-state index in [-0.39, 0.29) is 0 Å². The summed E-state index contributed by atoms with van der Waals surface area (Å²) in [7, 11) is 1.64. The van der Waals surface area contributed by atoms with Gasteiger partial charge < -0.3 is 10.5 Å². The number of anilines is 1. The van der Waals surface area contributed by atoms with E-state index < -0.39 is 0 Å². The van der Waals surface area contributed by atoms with Crippen LogP contribution in [-0.2, 0) is 0 Å². The van der Waals surface area contributed by atoms with E-state index in [1.807, 2.05) is 43.3 Å². The lowest BCUT2D eigenvalue weighted by atomic mass is 10.0. The molecule has 0 aliphatic carbocycles. The molecule has 0 radical (unpaired) electrons. The average molecular weight is 280 g/mol. The van der Waals surface area contributed by atoms with Gasteiger partial charge in [-0.1, -0.05) is 12.1 Å². The summed E-state index contributed by atoms with van der Waals surface area (Å²) < 4.78 is 5.28. The third kappa shape index (κ3) is 2.45. The molecule has 2 heterocycles. The molecule has 106 valence electrons. The maximum Gasteiger partial charge on any atom is 0.153 e. The van der Waals surface area contributed by atoms with Crippen molar-refractivity contribution in [2.45, 2.75) is 6.92 Å². The minimum atomic E-state index is 0.465. The average Bonchev–Trinajstić information content (AvgIpc) is 2.89. The smallest absolute Gasteiger partial charge is 0.153 e. The molecule has 3 aromatic rings. The number of nitrogens with one attached hydrogen (secondary N) is 1. The summed E-state index contributed by atoms with van der Waals surface area (Å²) in [5.41, 5.74) is 10.7. The van der Waals surface area contributed by atoms with Gasteiger partial charge in [0.15, 0.2) is 5.82 Å². The maximum absolute atomic E-state index is 6.04. The molecule has 21 heavy (non-hydrogen) atoms. The molecule has 0 unspecified atom stereocenters. The van der Waals surface area contributed by atoms with E-state index >= 15 is 0 Å². The maximum atomic E-state index is 6.04. The van der Waals surface area contributed by atoms with E-state index in [1.54, 1.807) is 13.3 Å². The molecule has 0 atom stereocenters. The number of aromatic amines is 1. The number of aromatic nitrogens is 3. The van der Waals surface area contributed by atoms with Crippen LogP contribution in [0.15, 0.2) is 42.6 Å². The zero-order chi connectivity index (χ0) is 14.8. The van der Waals surface area contributed by atoms with Crippen molar-refractivity contribution in [3.63, 3.8) is 0 Å². The quantitative estimate of drug-likeness (QED) is 0.773. The summed E-state index contributed by atoms with van der Waals surface area (Å²) in [4.78, 5) is 4.22. The van der Waals surface area contributed by atoms with Gasteiger partial charge in [-0.3, -0.25) is 10.1 Å². The second kappa shape index (κ2) is 5.28. The Bertz CT molecular complexity index is 779. The number of nitrogens with zero attached hydrogens (tertiary/aromatic N) is 2. The summed E-state index contributed by atoms with van der Waals surface area (Å²) in [5, 5.41) is 7.16. The number of nitrogen functional groups attached to an aromatic ring is 1. The third-order valence-corrected chi connectivity index (χ3v) is 3.34. The van der Waals surface area contributed by atoms with Crippen molar-refractivity contribution >= 4 is 5.82 Å². The topological polar surface area (TPSA) is 76.8 Å². The number of pyridine rings is 1. The molecular weight excluding hydrogens is 264 g/mol. The number of aryl methyl sites for hydroxylation is 1. The van der Waals surface area contributed by atoms with Crippen LogP contribution >= 0.6 is 0 Å². The molecule has 0 bridgehead atoms. The lowest BCUT2D eigenvalue weighted by molar-refractivity contribution is 0.415. The van der Waals surface area contributed by atoms with Gasteiger partial charge in [0.25, 0.3) is 0 Å². The van der Waals surface area contributed by atoms with E-state index in [2.05, 4.69) is 15.2 Å². The summed E-state index contributed by atoms with van der Waals surface area (Å²) in [6, 6.07) is 11.7. The Morgan fingerprint density at radius 2 is 2.00 bits per heavy atom. The van der Waals surface area contributed by atoms with Crippen LogP contribution in [0.1, 0.15) is 5.69 Å². The van der Waals surface area contributed by atoms with E-state index in [0.29, 0.717) is 5.82 Å². The summed E-state index contributed by atoms with van der Waals surface area (Å²) in [6.07, 6.45) is 1.77. The predicted molar refractivity (Wildman–Crippen MR) is 83.0 cm³/mol. The number of methoxy groups -OCH3 is 1. The highest BCUT2D eigenvalue weighted by Gasteiger charge is 2.15. The van der Waals surface area contributed by atoms with Crippen molar-refractivity contribution in [3.05, 3.63) is 48.3 Å². The molecule has 2 aromatic heterocycles. The first kappa shape index (κ1) is 13.2. The van der Waals surface area contributed by atoms with Gasteiger partial charge in [-0.2, -0.15) is 5.10 Å². The van der Waals surface area contributed by atoms with Crippen molar-refractivity contribution in [3.8, 4) is 28.1 Å². The highest BCUT2D eigenvalue weighted by Crippen LogP contribution is 2.35. The lowest BCUT2D eigenvalue weighted by Crippen LogP contribution is -1.90. The molecule has 0 fully saturated rings. The third-order valence-electron chi connectivity index (χ3n) is 3.34. The normalized spacial score (nSPS) is 10.6. The molecule has 0 aliphatic heterocycles. The Morgan fingerprint density at radius 1 is 1.14 bits per heavy atom. The van der Waals surface area contributed by atoms with Gasteiger partial charge in [0.05, 0.1) is 18.4 Å². The molecule has 5 heteroatoms. The van der Waals surface area contributed by atoms with Gasteiger partial charge in [0.2, 0.25) is 0 Å². The molecule has 3 N–H and O–H groups in total. The fourth-order valence-electron chi connectivity index (χ4n) is 2.34. The first-order valence-electron chi connectivity index (χ1n) is 6.60. The summed E-state index contributed by atoms with van der Waals surface area (Å²) >= 11 is 0. The van der Waals surface area contributed by atoms with Gasteiger partial charge in [-0.05, 0) is 36.8 Å². The number of H-pyrrole nitrogens is 1. The largest absolute Gasteiger partial charge is 0.497 e. The molecule has 0 saturated heterocycles. The van der Waals surface area contributed by atoms with Crippen LogP contribution in [0.3, 0.4) is 0 Å². The molecule has 0 saturated carbocycles. The molecular formula is C16H16N4O. The van der Waals surface area contributed by atoms with Crippen LogP contribution in [0.2, 0.25) is 0 Å². The monoisotopic (exact) mass is 280 g/mol. The van der Waals surface area contributed by atoms with Crippen LogP contribution in [0.4, 0.5) is 5.82 Å². The van der Waals surface area contributed by atoms with Crippen LogP contribution in [-0.4, -0.2) is 22.3 Å². The van der Waals surface area contributed by atoms with Crippen LogP contribution < -0.4 is 10.5 Å². The van der Waals surface area contributed by atoms with Crippen molar-refractivity contribution in [2.75, 3.05) is 12.8 Å². The highest BCUT2D eigenvalue weighted by molar-refractivity contribution is 5.88. The first-order valence-corrected chi connectivity index (χ1v) is 6.60. The van der Waals surface area contributed by atoms with Crippen LogP contribution in [0.25, 0.3) is 22.4 Å². The summed E-state index contributed by atoms with van der Waals surface area (Å²) in [5.74, 6) is 1.25. The Labute approximate surface area is 122 Å². The van der Waals surface area contributed by atoms with Crippen molar-refractivity contribution in [2.24, 2.45) is 0 Å². The number of nitrogens with two attached hydrogens (primary N) is 1. The van der Waals surface area contributed by atoms with E-state index in [9.17, 15) is 0 Å². The van der Waals surface area contributed by atoms with Crippen molar-refractivity contribution < 1.29 is 4.74 Å². The SMILES string of the molecule is COc1cccc(-c2c(N)n[nH]c2-c2ccnc(C)c2)c1. The highest BCUT2D eigenvalue weighted by atomic mass is 16.5. The molecule has 5 nitrogen and oxygen atoms in total. The van der Waals surface area contributed by atoms with E-state index in [4.69, 9.17) is 10.5 Å². The Hall–Kier alpha value is -2.82. The van der Waals surface area contributed by atoms with Gasteiger partial charge in [-0.15, -0.1) is 0 Å². The summed E-state index contributed by atoms with van der Waals surface area (Å²) in [6.45, 7) is 1.95. The second-order valence-corrected chi connectivity index (χ2v) is 4.78. The van der Waals surface area contributed by atoms with Gasteiger partial charge in [0.1, 0.15) is 5.75 Å². The second-order valence-electron chi connectivity index (χ2n) is 4.78. The minimum Gasteiger partial charge on any atom is -0.497 e. The molecule has 1 aromatic carbocycles. The standard InChI is InChI=1S/C16H16N4O/c1-10-8-12(6-7-18-10)15-14(16(17)20-19-15)11-4-3-5-13(9-11)21-2/h3-9H,1-2H3,(H3,17,19,20). The van der Waals surface area contributed by atoms with Gasteiger partial charge in [-0.25, -0.2) is 0 Å². The van der Waals surface area contributed by atoms with Crippen molar-refractivity contribution in [1.29, 1.82) is 0 Å². The van der Waals surface area contributed by atoms with E-state index in [0.717, 1.165) is 33.8 Å². The Morgan fingerprint density at radius 3 is 2.76 bits per heavy atom. The zero-order valence-corrected chi connectivity index (χ0v) is 11.9. The number of rotatable bonds is 3. The number of ether oxygens (including phenoxy) is 1. The Balaban J connectivity index is 2.17. The first-order chi connectivity index (χ1) is 10.2. The Kier molecular flexibility index (Phi) is 3.31. The van der Waals surface area contributed by atoms with Gasteiger partial charge >= 0.3 is 0 Å². The number of hydrogen-bond donors (Lipinski definition) is 2. The van der Waals surface area contributed by atoms with Crippen LogP contribution in [0, 0.1) is 6.92 Å². The van der Waals surface area contributed by atoms with Crippen molar-refractivity contribution in [1.82, 2.24) is 15.2 Å². The van der Waals surface area contributed by atoms with E-state index in [1.165, 1.54) is 0 Å². The lowest BCUT2D eigenvalue weighted by Gasteiger charge is -2.07. The number of hydrogen-bond acceptors (Lipinski definition) is 4.